The molecule has 0 atom stereocenters. The fraction of sp³-hybridized carbons (Fsp3) is 0.118. The van der Waals surface area contributed by atoms with E-state index in [0.29, 0.717) is 11.3 Å². The van der Waals surface area contributed by atoms with Gasteiger partial charge in [-0.1, -0.05) is 30.0 Å². The van der Waals surface area contributed by atoms with Crippen LogP contribution in [0.25, 0.3) is 5.69 Å². The molecule has 0 radical (unpaired) electrons. The summed E-state index contributed by atoms with van der Waals surface area (Å²) in [4.78, 5) is 23.8. The number of nitrogens with zero attached hydrogens (tertiary/aromatic N) is 4. The summed E-state index contributed by atoms with van der Waals surface area (Å²) in [5.41, 5.74) is 5.31. The van der Waals surface area contributed by atoms with Crippen molar-refractivity contribution in [1.82, 2.24) is 31.1 Å². The summed E-state index contributed by atoms with van der Waals surface area (Å²) in [7, 11) is 0. The molecule has 0 saturated carbocycles. The van der Waals surface area contributed by atoms with E-state index in [1.807, 2.05) is 0 Å². The molecule has 0 aliphatic heterocycles. The molecule has 1 aromatic heterocycles. The van der Waals surface area contributed by atoms with Crippen LogP contribution in [0, 0.1) is 0 Å². The number of alkyl halides is 3. The molecule has 0 unspecified atom stereocenters. The van der Waals surface area contributed by atoms with Crippen LogP contribution in [-0.4, -0.2) is 44.1 Å². The van der Waals surface area contributed by atoms with Crippen molar-refractivity contribution in [3.05, 3.63) is 60.2 Å². The minimum absolute atomic E-state index is 0.120. The van der Waals surface area contributed by atoms with Gasteiger partial charge in [-0.3, -0.25) is 20.4 Å². The van der Waals surface area contributed by atoms with E-state index in [1.165, 1.54) is 16.8 Å². The molecule has 13 heteroatoms. The van der Waals surface area contributed by atoms with Crippen LogP contribution in [0.4, 0.5) is 13.2 Å². The van der Waals surface area contributed by atoms with Gasteiger partial charge in [-0.05, 0) is 46.8 Å². The molecule has 2 aromatic carbocycles. The van der Waals surface area contributed by atoms with Crippen molar-refractivity contribution in [2.45, 2.75) is 11.5 Å². The fourth-order valence-electron chi connectivity index (χ4n) is 2.17. The van der Waals surface area contributed by atoms with E-state index >= 15 is 0 Å². The van der Waals surface area contributed by atoms with Crippen LogP contribution in [0.5, 0.6) is 5.75 Å². The molecule has 1 heterocycles. The summed E-state index contributed by atoms with van der Waals surface area (Å²) in [6.45, 7) is 0. The lowest BCUT2D eigenvalue weighted by Gasteiger charge is -2.10. The Morgan fingerprint density at radius 3 is 2.40 bits per heavy atom. The molecule has 2 N–H and O–H groups in total. The average molecular weight is 438 g/mol. The number of amides is 2. The van der Waals surface area contributed by atoms with Crippen molar-refractivity contribution in [2.75, 3.05) is 5.75 Å². The number of halogens is 3. The van der Waals surface area contributed by atoms with Crippen LogP contribution < -0.4 is 15.6 Å². The van der Waals surface area contributed by atoms with Gasteiger partial charge in [0, 0.05) is 5.56 Å². The van der Waals surface area contributed by atoms with E-state index in [9.17, 15) is 22.8 Å². The first-order chi connectivity index (χ1) is 14.3. The number of carbonyl (C=O) groups excluding carboxylic acids is 2. The van der Waals surface area contributed by atoms with Gasteiger partial charge >= 0.3 is 6.36 Å². The normalized spacial score (nSPS) is 11.0. The highest BCUT2D eigenvalue weighted by Crippen LogP contribution is 2.24. The molecule has 156 valence electrons. The monoisotopic (exact) mass is 438 g/mol. The zero-order valence-corrected chi connectivity index (χ0v) is 15.8. The van der Waals surface area contributed by atoms with E-state index < -0.39 is 18.2 Å². The first kappa shape index (κ1) is 21.1. The maximum atomic E-state index is 12.2. The number of ether oxygens (including phenoxy) is 1. The Balaban J connectivity index is 1.54. The predicted molar refractivity (Wildman–Crippen MR) is 98.6 cm³/mol. The summed E-state index contributed by atoms with van der Waals surface area (Å²) in [6.07, 6.45) is -4.79. The van der Waals surface area contributed by atoms with Gasteiger partial charge in [0.2, 0.25) is 11.1 Å². The van der Waals surface area contributed by atoms with Crippen molar-refractivity contribution in [3.63, 3.8) is 0 Å². The molecule has 2 amide bonds. The largest absolute Gasteiger partial charge is 0.573 e. The van der Waals surface area contributed by atoms with Crippen molar-refractivity contribution in [3.8, 4) is 11.4 Å². The number of tetrazole rings is 1. The van der Waals surface area contributed by atoms with E-state index in [-0.39, 0.29) is 16.7 Å². The zero-order valence-electron chi connectivity index (χ0n) is 15.0. The third-order valence-corrected chi connectivity index (χ3v) is 4.36. The van der Waals surface area contributed by atoms with Gasteiger partial charge in [-0.2, -0.15) is 4.68 Å². The maximum Gasteiger partial charge on any atom is 0.573 e. The molecule has 0 fully saturated rings. The number of hydrazine groups is 1. The third-order valence-electron chi connectivity index (χ3n) is 3.44. The molecule has 0 spiro atoms. The van der Waals surface area contributed by atoms with E-state index in [1.54, 1.807) is 30.3 Å². The lowest BCUT2D eigenvalue weighted by molar-refractivity contribution is -0.274. The Kier molecular flexibility index (Phi) is 6.51. The standard InChI is InChI=1S/C17H13F3N6O3S/c18-17(19,20)29-13-8-6-12(7-9-13)26-16(23-24-25-26)30-10-14(27)21-22-15(28)11-4-2-1-3-5-11/h1-9H,10H2,(H,21,27)(H,22,28). The van der Waals surface area contributed by atoms with Crippen molar-refractivity contribution >= 4 is 23.6 Å². The SMILES string of the molecule is O=C(CSc1nnnn1-c1ccc(OC(F)(F)F)cc1)NNC(=O)c1ccccc1. The quantitative estimate of drug-likeness (QED) is 0.448. The highest BCUT2D eigenvalue weighted by molar-refractivity contribution is 7.99. The van der Waals surface area contributed by atoms with E-state index in [4.69, 9.17) is 0 Å². The minimum Gasteiger partial charge on any atom is -0.406 e. The first-order valence-electron chi connectivity index (χ1n) is 8.23. The van der Waals surface area contributed by atoms with Gasteiger partial charge in [-0.25, -0.2) is 0 Å². The molecular weight excluding hydrogens is 425 g/mol. The number of nitrogens with one attached hydrogen (secondary N) is 2. The Morgan fingerprint density at radius 1 is 1.03 bits per heavy atom. The smallest absolute Gasteiger partial charge is 0.406 e. The minimum atomic E-state index is -4.79. The summed E-state index contributed by atoms with van der Waals surface area (Å²) in [6, 6.07) is 13.2. The number of hydrogen-bond donors (Lipinski definition) is 2. The van der Waals surface area contributed by atoms with Crippen molar-refractivity contribution in [2.24, 2.45) is 0 Å². The molecule has 30 heavy (non-hydrogen) atoms. The molecule has 9 nitrogen and oxygen atoms in total. The first-order valence-corrected chi connectivity index (χ1v) is 9.22. The lowest BCUT2D eigenvalue weighted by atomic mass is 10.2. The second-order valence-corrected chi connectivity index (χ2v) is 6.51. The van der Waals surface area contributed by atoms with Gasteiger partial charge in [0.25, 0.3) is 5.91 Å². The van der Waals surface area contributed by atoms with Gasteiger partial charge in [0.05, 0.1) is 11.4 Å². The van der Waals surface area contributed by atoms with Gasteiger partial charge in [0.15, 0.2) is 0 Å². The zero-order chi connectivity index (χ0) is 21.6. The molecule has 0 saturated heterocycles. The molecule has 3 aromatic rings. The topological polar surface area (TPSA) is 111 Å². The Bertz CT molecular complexity index is 1010. The van der Waals surface area contributed by atoms with Crippen LogP contribution in [0.2, 0.25) is 0 Å². The van der Waals surface area contributed by atoms with Gasteiger partial charge in [-0.15, -0.1) is 18.3 Å². The second kappa shape index (κ2) is 9.26. The summed E-state index contributed by atoms with van der Waals surface area (Å²) in [5, 5.41) is 11.3. The number of hydrogen-bond acceptors (Lipinski definition) is 7. The lowest BCUT2D eigenvalue weighted by Crippen LogP contribution is -2.42. The van der Waals surface area contributed by atoms with E-state index in [2.05, 4.69) is 31.1 Å². The molecule has 0 aliphatic rings. The third kappa shape index (κ3) is 5.94. The van der Waals surface area contributed by atoms with Crippen LogP contribution >= 0.6 is 11.8 Å². The summed E-state index contributed by atoms with van der Waals surface area (Å²) in [5.74, 6) is -1.49. The molecule has 0 bridgehead atoms. The van der Waals surface area contributed by atoms with Gasteiger partial charge in [0.1, 0.15) is 5.75 Å². The highest BCUT2D eigenvalue weighted by atomic mass is 32.2. The fourth-order valence-corrected chi connectivity index (χ4v) is 2.87. The number of carbonyl (C=O) groups is 2. The molecule has 0 aliphatic carbocycles. The maximum absolute atomic E-state index is 12.2. The Morgan fingerprint density at radius 2 is 1.73 bits per heavy atom. The van der Waals surface area contributed by atoms with Gasteiger partial charge < -0.3 is 4.74 Å². The van der Waals surface area contributed by atoms with Crippen LogP contribution in [-0.2, 0) is 4.79 Å². The van der Waals surface area contributed by atoms with Crippen LogP contribution in [0.3, 0.4) is 0 Å². The van der Waals surface area contributed by atoms with Crippen molar-refractivity contribution < 1.29 is 27.5 Å². The number of rotatable bonds is 6. The van der Waals surface area contributed by atoms with E-state index in [0.717, 1.165) is 23.9 Å². The molecule has 3 rings (SSSR count). The summed E-state index contributed by atoms with van der Waals surface area (Å²) >= 11 is 0.971. The number of aromatic nitrogens is 4. The average Bonchev–Trinajstić information content (AvgIpc) is 3.19. The Hall–Kier alpha value is -3.61. The predicted octanol–water partition coefficient (Wildman–Crippen LogP) is 2.11. The summed E-state index contributed by atoms with van der Waals surface area (Å²) < 4.78 is 41.8. The Labute approximate surface area is 171 Å². The molecular formula is C17H13F3N6O3S. The van der Waals surface area contributed by atoms with Crippen LogP contribution in [0.15, 0.2) is 59.8 Å². The van der Waals surface area contributed by atoms with Crippen molar-refractivity contribution in [1.29, 1.82) is 0 Å². The number of thioether (sulfide) groups is 1. The van der Waals surface area contributed by atoms with Crippen LogP contribution in [0.1, 0.15) is 10.4 Å². The highest BCUT2D eigenvalue weighted by Gasteiger charge is 2.31. The number of benzene rings is 2. The second-order valence-electron chi connectivity index (χ2n) is 5.57.